The van der Waals surface area contributed by atoms with Crippen LogP contribution in [-0.2, 0) is 25.7 Å². The standard InChI is InChI=1S/C33H22N2/c1-3-7-26-19(5-1)12-22-13-23-14-24-17-34-18-25-15-29-30(35(33(24)25)31(23)16-28(22)26)10-9-21-11-20-6-2-4-8-27(20)32(21)29/h1-10,13,16-18H,11-12,14-15H2. The Morgan fingerprint density at radius 3 is 2.11 bits per heavy atom. The monoisotopic (exact) mass is 446 g/mol. The summed E-state index contributed by atoms with van der Waals surface area (Å²) in [5, 5.41) is 0. The number of rotatable bonds is 0. The molecule has 0 saturated carbocycles. The van der Waals surface area contributed by atoms with Crippen LogP contribution in [0, 0.1) is 0 Å². The summed E-state index contributed by atoms with van der Waals surface area (Å²) < 4.78 is 0. The van der Waals surface area contributed by atoms with Gasteiger partial charge in [0, 0.05) is 25.2 Å². The van der Waals surface area contributed by atoms with Gasteiger partial charge in [0.05, 0.1) is 17.1 Å². The minimum Gasteiger partial charge on any atom is -0.309 e. The van der Waals surface area contributed by atoms with E-state index < -0.39 is 0 Å². The highest BCUT2D eigenvalue weighted by Crippen LogP contribution is 2.55. The summed E-state index contributed by atoms with van der Waals surface area (Å²) >= 11 is 0. The fourth-order valence-electron chi connectivity index (χ4n) is 7.11. The molecule has 5 aromatic rings. The molecule has 164 valence electrons. The van der Waals surface area contributed by atoms with Gasteiger partial charge >= 0.3 is 0 Å². The second-order valence-corrected chi connectivity index (χ2v) is 10.4. The van der Waals surface area contributed by atoms with Crippen molar-refractivity contribution in [1.82, 2.24) is 4.98 Å². The number of nitrogens with zero attached hydrogens (tertiary/aromatic N) is 2. The number of hydrogen-bond acceptors (Lipinski definition) is 2. The van der Waals surface area contributed by atoms with Crippen LogP contribution in [0.4, 0.5) is 17.1 Å². The van der Waals surface area contributed by atoms with Gasteiger partial charge in [0.1, 0.15) is 0 Å². The van der Waals surface area contributed by atoms with Crippen molar-refractivity contribution >= 4 is 17.1 Å². The molecule has 2 aliphatic heterocycles. The van der Waals surface area contributed by atoms with Gasteiger partial charge in [0.25, 0.3) is 0 Å². The third-order valence-electron chi connectivity index (χ3n) is 8.56. The number of aromatic nitrogens is 1. The fourth-order valence-corrected chi connectivity index (χ4v) is 7.11. The van der Waals surface area contributed by atoms with Crippen molar-refractivity contribution in [2.45, 2.75) is 25.7 Å². The van der Waals surface area contributed by atoms with Crippen LogP contribution in [0.2, 0.25) is 0 Å². The molecule has 3 heterocycles. The molecule has 2 heteroatoms. The predicted molar refractivity (Wildman–Crippen MR) is 141 cm³/mol. The lowest BCUT2D eigenvalue weighted by atomic mass is 9.84. The Morgan fingerprint density at radius 2 is 1.23 bits per heavy atom. The Hall–Kier alpha value is -4.17. The number of pyridine rings is 1. The maximum atomic E-state index is 4.70. The normalized spacial score (nSPS) is 14.9. The highest BCUT2D eigenvalue weighted by molar-refractivity contribution is 5.96. The van der Waals surface area contributed by atoms with E-state index in [-0.39, 0.29) is 0 Å². The van der Waals surface area contributed by atoms with Gasteiger partial charge in [-0.15, -0.1) is 0 Å². The second kappa shape index (κ2) is 6.28. The lowest BCUT2D eigenvalue weighted by Crippen LogP contribution is -2.25. The average molecular weight is 447 g/mol. The van der Waals surface area contributed by atoms with Crippen molar-refractivity contribution in [3.8, 4) is 22.3 Å². The van der Waals surface area contributed by atoms with Gasteiger partial charge in [-0.05, 0) is 91.7 Å². The van der Waals surface area contributed by atoms with Crippen LogP contribution in [0.5, 0.6) is 0 Å². The molecule has 0 atom stereocenters. The van der Waals surface area contributed by atoms with Gasteiger partial charge in [-0.2, -0.15) is 0 Å². The summed E-state index contributed by atoms with van der Waals surface area (Å²) in [6.07, 6.45) is 8.15. The van der Waals surface area contributed by atoms with E-state index in [2.05, 4.69) is 90.1 Å². The molecule has 4 aliphatic rings. The van der Waals surface area contributed by atoms with E-state index in [4.69, 9.17) is 4.98 Å². The zero-order valence-corrected chi connectivity index (χ0v) is 19.3. The molecule has 9 rings (SSSR count). The number of fused-ring (bicyclic) bond motifs is 11. The highest BCUT2D eigenvalue weighted by Gasteiger charge is 2.36. The Morgan fingerprint density at radius 1 is 0.514 bits per heavy atom. The van der Waals surface area contributed by atoms with E-state index in [1.165, 1.54) is 83.8 Å². The van der Waals surface area contributed by atoms with Crippen LogP contribution < -0.4 is 4.90 Å². The van der Waals surface area contributed by atoms with Gasteiger partial charge in [0.15, 0.2) is 0 Å². The molecule has 2 nitrogen and oxygen atoms in total. The summed E-state index contributed by atoms with van der Waals surface area (Å²) in [5.74, 6) is 0. The molecule has 35 heavy (non-hydrogen) atoms. The van der Waals surface area contributed by atoms with Crippen molar-refractivity contribution in [2.24, 2.45) is 0 Å². The third kappa shape index (κ3) is 2.27. The SMILES string of the molecule is c1ccc2c(c1)Cc1cc3c(cc1-2)N1c2ccc4c(c2Cc2cncc(c21)C3)-c1ccccc1C4. The van der Waals surface area contributed by atoms with E-state index >= 15 is 0 Å². The molecule has 0 N–H and O–H groups in total. The first kappa shape index (κ1) is 18.2. The smallest absolute Gasteiger partial charge is 0.0563 e. The first-order chi connectivity index (χ1) is 17.3. The molecule has 1 aromatic heterocycles. The highest BCUT2D eigenvalue weighted by atomic mass is 15.2. The Balaban J connectivity index is 1.33. The first-order valence-corrected chi connectivity index (χ1v) is 12.6. The molecule has 0 fully saturated rings. The lowest BCUT2D eigenvalue weighted by Gasteiger charge is -2.40. The minimum absolute atomic E-state index is 0.947. The molecule has 4 aromatic carbocycles. The molecule has 0 unspecified atom stereocenters. The van der Waals surface area contributed by atoms with E-state index in [0.717, 1.165) is 25.7 Å². The van der Waals surface area contributed by atoms with Crippen LogP contribution >= 0.6 is 0 Å². The van der Waals surface area contributed by atoms with Crippen molar-refractivity contribution in [1.29, 1.82) is 0 Å². The maximum absolute atomic E-state index is 4.70. The number of benzene rings is 4. The van der Waals surface area contributed by atoms with Crippen LogP contribution in [0.3, 0.4) is 0 Å². The topological polar surface area (TPSA) is 16.1 Å². The maximum Gasteiger partial charge on any atom is 0.0563 e. The summed E-state index contributed by atoms with van der Waals surface area (Å²) in [6, 6.07) is 27.5. The largest absolute Gasteiger partial charge is 0.309 e. The van der Waals surface area contributed by atoms with Crippen molar-refractivity contribution in [3.05, 3.63) is 130 Å². The van der Waals surface area contributed by atoms with Crippen molar-refractivity contribution in [3.63, 3.8) is 0 Å². The van der Waals surface area contributed by atoms with Crippen molar-refractivity contribution in [2.75, 3.05) is 4.90 Å². The molecular formula is C33H22N2. The van der Waals surface area contributed by atoms with Crippen LogP contribution in [0.25, 0.3) is 22.3 Å². The molecule has 2 aliphatic carbocycles. The zero-order valence-electron chi connectivity index (χ0n) is 19.3. The Kier molecular flexibility index (Phi) is 3.27. The lowest BCUT2D eigenvalue weighted by molar-refractivity contribution is 0.983. The predicted octanol–water partition coefficient (Wildman–Crippen LogP) is 7.50. The van der Waals surface area contributed by atoms with E-state index in [1.807, 2.05) is 0 Å². The summed E-state index contributed by atoms with van der Waals surface area (Å²) in [6.45, 7) is 0. The minimum atomic E-state index is 0.947. The molecule has 0 spiro atoms. The van der Waals surface area contributed by atoms with Gasteiger partial charge < -0.3 is 4.90 Å². The summed E-state index contributed by atoms with van der Waals surface area (Å²) in [7, 11) is 0. The average Bonchev–Trinajstić information content (AvgIpc) is 3.45. The van der Waals surface area contributed by atoms with Gasteiger partial charge in [-0.1, -0.05) is 60.7 Å². The molecule has 0 bridgehead atoms. The van der Waals surface area contributed by atoms with Crippen LogP contribution in [0.1, 0.15) is 44.5 Å². The fraction of sp³-hybridized carbons (Fsp3) is 0.121. The third-order valence-corrected chi connectivity index (χ3v) is 8.56. The van der Waals surface area contributed by atoms with E-state index in [0.29, 0.717) is 0 Å². The Labute approximate surface area is 204 Å². The summed E-state index contributed by atoms with van der Waals surface area (Å²) in [4.78, 5) is 7.26. The van der Waals surface area contributed by atoms with Crippen LogP contribution in [-0.4, -0.2) is 4.98 Å². The molecular weight excluding hydrogens is 424 g/mol. The quantitative estimate of drug-likeness (QED) is 0.240. The molecule has 0 saturated heterocycles. The number of hydrogen-bond donors (Lipinski definition) is 0. The van der Waals surface area contributed by atoms with E-state index in [9.17, 15) is 0 Å². The van der Waals surface area contributed by atoms with Gasteiger partial charge in [0.2, 0.25) is 0 Å². The van der Waals surface area contributed by atoms with Crippen molar-refractivity contribution < 1.29 is 0 Å². The molecule has 0 amide bonds. The second-order valence-electron chi connectivity index (χ2n) is 10.4. The van der Waals surface area contributed by atoms with Gasteiger partial charge in [-0.25, -0.2) is 0 Å². The molecule has 0 radical (unpaired) electrons. The Bertz CT molecular complexity index is 1760. The zero-order chi connectivity index (χ0) is 22.7. The van der Waals surface area contributed by atoms with Gasteiger partial charge in [-0.3, -0.25) is 4.98 Å². The summed E-state index contributed by atoms with van der Waals surface area (Å²) in [5.41, 5.74) is 21.1. The first-order valence-electron chi connectivity index (χ1n) is 12.6. The van der Waals surface area contributed by atoms with E-state index in [1.54, 1.807) is 0 Å². The van der Waals surface area contributed by atoms with Crippen LogP contribution in [0.15, 0.2) is 85.2 Å². The number of anilines is 3.